The summed E-state index contributed by atoms with van der Waals surface area (Å²) in [5.74, 6) is -0.0689. The summed E-state index contributed by atoms with van der Waals surface area (Å²) < 4.78 is 10.4. The van der Waals surface area contributed by atoms with Gasteiger partial charge in [-0.15, -0.1) is 0 Å². The molecule has 0 atom stereocenters. The smallest absolute Gasteiger partial charge is 0.409 e. The topological polar surface area (TPSA) is 82.6 Å². The van der Waals surface area contributed by atoms with Crippen LogP contribution in [0.3, 0.4) is 0 Å². The normalized spacial score (nSPS) is 21.3. The third-order valence-corrected chi connectivity index (χ3v) is 7.67. The van der Waals surface area contributed by atoms with Gasteiger partial charge in [-0.2, -0.15) is 0 Å². The predicted octanol–water partition coefficient (Wildman–Crippen LogP) is 2.94. The number of nitrogens with zero attached hydrogens (tertiary/aromatic N) is 4. The number of urea groups is 1. The molecule has 0 radical (unpaired) electrons. The molecule has 0 saturated carbocycles. The number of ether oxygens (including phenoxy) is 2. The van der Waals surface area contributed by atoms with Gasteiger partial charge in [0.1, 0.15) is 5.54 Å². The van der Waals surface area contributed by atoms with Crippen molar-refractivity contribution in [3.05, 3.63) is 35.9 Å². The maximum atomic E-state index is 13.8. The van der Waals surface area contributed by atoms with Crippen LogP contribution in [-0.4, -0.2) is 102 Å². The molecule has 0 unspecified atom stereocenters. The number of likely N-dealkylation sites (tertiary alicyclic amines) is 2. The fourth-order valence-electron chi connectivity index (χ4n) is 5.74. The molecule has 192 valence electrons. The van der Waals surface area contributed by atoms with Crippen LogP contribution < -0.4 is 0 Å². The van der Waals surface area contributed by atoms with E-state index in [-0.39, 0.29) is 18.0 Å². The van der Waals surface area contributed by atoms with E-state index in [1.165, 1.54) is 4.90 Å². The van der Waals surface area contributed by atoms with Gasteiger partial charge in [0, 0.05) is 52.5 Å². The Morgan fingerprint density at radius 3 is 2.37 bits per heavy atom. The maximum absolute atomic E-state index is 13.8. The maximum Gasteiger partial charge on any atom is 0.409 e. The Morgan fingerprint density at radius 2 is 1.74 bits per heavy atom. The molecule has 3 aliphatic rings. The van der Waals surface area contributed by atoms with E-state index in [0.717, 1.165) is 31.5 Å². The first-order valence-corrected chi connectivity index (χ1v) is 12.8. The summed E-state index contributed by atoms with van der Waals surface area (Å²) >= 11 is 0. The lowest BCUT2D eigenvalue weighted by Gasteiger charge is -2.46. The lowest BCUT2D eigenvalue weighted by Crippen LogP contribution is -2.59. The standard InChI is InChI=1S/C26H38N4O5/c1-3-35-25(33)28-15-10-22(11-16-28)27-17-12-26(13-18-27)23(31)29(20-21-8-5-4-6-9-21)24(32)30(26)14-7-19-34-2/h4-6,8-9,22H,3,7,10-20H2,1-2H3. The summed E-state index contributed by atoms with van der Waals surface area (Å²) in [6.45, 7) is 6.50. The van der Waals surface area contributed by atoms with Crippen LogP contribution in [0.15, 0.2) is 30.3 Å². The fourth-order valence-corrected chi connectivity index (χ4v) is 5.74. The van der Waals surface area contributed by atoms with Crippen LogP contribution in [0, 0.1) is 0 Å². The Hall–Kier alpha value is -2.65. The quantitative estimate of drug-likeness (QED) is 0.415. The molecule has 0 aliphatic carbocycles. The van der Waals surface area contributed by atoms with Gasteiger partial charge in [0.15, 0.2) is 0 Å². The lowest BCUT2D eigenvalue weighted by atomic mass is 9.84. The van der Waals surface area contributed by atoms with Gasteiger partial charge in [-0.1, -0.05) is 30.3 Å². The zero-order valence-electron chi connectivity index (χ0n) is 21.0. The van der Waals surface area contributed by atoms with Crippen molar-refractivity contribution in [3.8, 4) is 0 Å². The van der Waals surface area contributed by atoms with E-state index >= 15 is 0 Å². The minimum absolute atomic E-state index is 0.0689. The second kappa shape index (κ2) is 11.4. The molecule has 35 heavy (non-hydrogen) atoms. The van der Waals surface area contributed by atoms with E-state index in [9.17, 15) is 14.4 Å². The molecular weight excluding hydrogens is 448 g/mol. The van der Waals surface area contributed by atoms with Crippen molar-refractivity contribution in [1.82, 2.24) is 19.6 Å². The highest BCUT2D eigenvalue weighted by Gasteiger charge is 2.57. The first kappa shape index (κ1) is 25.4. The number of hydrogen-bond donors (Lipinski definition) is 0. The second-order valence-corrected chi connectivity index (χ2v) is 9.64. The zero-order chi connectivity index (χ0) is 24.8. The van der Waals surface area contributed by atoms with E-state index in [1.54, 1.807) is 12.0 Å². The Morgan fingerprint density at radius 1 is 1.06 bits per heavy atom. The highest BCUT2D eigenvalue weighted by molar-refractivity contribution is 6.07. The number of benzene rings is 1. The number of methoxy groups -OCH3 is 1. The van der Waals surface area contributed by atoms with Gasteiger partial charge >= 0.3 is 12.1 Å². The molecule has 0 N–H and O–H groups in total. The Labute approximate surface area is 207 Å². The van der Waals surface area contributed by atoms with E-state index in [2.05, 4.69) is 4.90 Å². The first-order chi connectivity index (χ1) is 17.0. The molecule has 3 saturated heterocycles. The molecule has 0 aromatic heterocycles. The van der Waals surface area contributed by atoms with Gasteiger partial charge in [0.25, 0.3) is 5.91 Å². The number of piperidine rings is 2. The molecule has 1 aromatic rings. The molecule has 3 aliphatic heterocycles. The van der Waals surface area contributed by atoms with Gasteiger partial charge in [0.05, 0.1) is 13.2 Å². The molecule has 3 heterocycles. The highest BCUT2D eigenvalue weighted by Crippen LogP contribution is 2.39. The van der Waals surface area contributed by atoms with Crippen molar-refractivity contribution in [2.75, 3.05) is 53.0 Å². The second-order valence-electron chi connectivity index (χ2n) is 9.64. The van der Waals surface area contributed by atoms with E-state index in [0.29, 0.717) is 64.7 Å². The van der Waals surface area contributed by atoms with Crippen molar-refractivity contribution < 1.29 is 23.9 Å². The van der Waals surface area contributed by atoms with Crippen LogP contribution in [0.5, 0.6) is 0 Å². The molecule has 4 amide bonds. The van der Waals surface area contributed by atoms with Crippen LogP contribution in [0.4, 0.5) is 9.59 Å². The van der Waals surface area contributed by atoms with Crippen LogP contribution in [0.2, 0.25) is 0 Å². The number of carbonyl (C=O) groups is 3. The van der Waals surface area contributed by atoms with E-state index in [4.69, 9.17) is 9.47 Å². The average molecular weight is 487 g/mol. The number of carbonyl (C=O) groups excluding carboxylic acids is 3. The van der Waals surface area contributed by atoms with Crippen molar-refractivity contribution in [1.29, 1.82) is 0 Å². The Bertz CT molecular complexity index is 879. The SMILES string of the molecule is CCOC(=O)N1CCC(N2CCC3(CC2)C(=O)N(Cc2ccccc2)C(=O)N3CCCOC)CC1. The minimum Gasteiger partial charge on any atom is -0.450 e. The molecule has 4 rings (SSSR count). The van der Waals surface area contributed by atoms with Gasteiger partial charge in [-0.25, -0.2) is 9.59 Å². The monoisotopic (exact) mass is 486 g/mol. The average Bonchev–Trinajstić information content (AvgIpc) is 3.07. The van der Waals surface area contributed by atoms with Crippen molar-refractivity contribution >= 4 is 18.0 Å². The van der Waals surface area contributed by atoms with Gasteiger partial charge in [0.2, 0.25) is 0 Å². The van der Waals surface area contributed by atoms with E-state index in [1.807, 2.05) is 42.2 Å². The summed E-state index contributed by atoms with van der Waals surface area (Å²) in [6, 6.07) is 9.88. The summed E-state index contributed by atoms with van der Waals surface area (Å²) in [5, 5.41) is 0. The fraction of sp³-hybridized carbons (Fsp3) is 0.654. The van der Waals surface area contributed by atoms with Gasteiger partial charge < -0.3 is 24.2 Å². The summed E-state index contributed by atoms with van der Waals surface area (Å²) in [4.78, 5) is 46.7. The third kappa shape index (κ3) is 5.30. The van der Waals surface area contributed by atoms with Crippen LogP contribution in [0.25, 0.3) is 0 Å². The first-order valence-electron chi connectivity index (χ1n) is 12.8. The number of amides is 4. The van der Waals surface area contributed by atoms with Crippen LogP contribution >= 0.6 is 0 Å². The third-order valence-electron chi connectivity index (χ3n) is 7.67. The highest BCUT2D eigenvalue weighted by atomic mass is 16.6. The van der Waals surface area contributed by atoms with Crippen molar-refractivity contribution in [2.24, 2.45) is 0 Å². The van der Waals surface area contributed by atoms with Crippen molar-refractivity contribution in [2.45, 2.75) is 57.2 Å². The van der Waals surface area contributed by atoms with Crippen LogP contribution in [0.1, 0.15) is 44.6 Å². The largest absolute Gasteiger partial charge is 0.450 e. The summed E-state index contributed by atoms with van der Waals surface area (Å²) in [7, 11) is 1.65. The summed E-state index contributed by atoms with van der Waals surface area (Å²) in [6.07, 6.45) is 3.53. The lowest BCUT2D eigenvalue weighted by molar-refractivity contribution is -0.136. The molecular formula is C26H38N4O5. The van der Waals surface area contributed by atoms with Crippen LogP contribution in [-0.2, 0) is 20.8 Å². The number of rotatable bonds is 8. The Kier molecular flexibility index (Phi) is 8.28. The van der Waals surface area contributed by atoms with E-state index < -0.39 is 5.54 Å². The zero-order valence-corrected chi connectivity index (χ0v) is 21.0. The van der Waals surface area contributed by atoms with Gasteiger partial charge in [-0.05, 0) is 44.6 Å². The number of hydrogen-bond acceptors (Lipinski definition) is 6. The molecule has 3 fully saturated rings. The minimum atomic E-state index is -0.776. The molecule has 1 aromatic carbocycles. The van der Waals surface area contributed by atoms with Gasteiger partial charge in [-0.3, -0.25) is 9.69 Å². The number of imide groups is 1. The molecule has 1 spiro atoms. The van der Waals surface area contributed by atoms with Crippen molar-refractivity contribution in [3.63, 3.8) is 0 Å². The molecule has 9 heteroatoms. The molecule has 0 bridgehead atoms. The Balaban J connectivity index is 1.42. The predicted molar refractivity (Wildman–Crippen MR) is 131 cm³/mol. The summed E-state index contributed by atoms with van der Waals surface area (Å²) in [5.41, 5.74) is 0.177. The molecule has 9 nitrogen and oxygen atoms in total.